The topological polar surface area (TPSA) is 20.7 Å². The van der Waals surface area contributed by atoms with Gasteiger partial charge in [0.25, 0.3) is 0 Å². The molecule has 4 aromatic rings. The molecule has 19 heavy (non-hydrogen) atoms. The van der Waals surface area contributed by atoms with Crippen molar-refractivity contribution in [3.63, 3.8) is 0 Å². The molecule has 4 rings (SSSR count). The Morgan fingerprint density at radius 1 is 0.789 bits per heavy atom. The highest BCUT2D eigenvalue weighted by Crippen LogP contribution is 2.12. The molecule has 0 radical (unpaired) electrons. The molecule has 0 atom stereocenters. The summed E-state index contributed by atoms with van der Waals surface area (Å²) in [5.41, 5.74) is 2.50. The fourth-order valence-electron chi connectivity index (χ4n) is 2.22. The predicted octanol–water partition coefficient (Wildman–Crippen LogP) is 4.35. The Bertz CT molecular complexity index is 763. The summed E-state index contributed by atoms with van der Waals surface area (Å²) >= 11 is 0. The van der Waals surface area contributed by atoms with Crippen molar-refractivity contribution >= 4 is 21.8 Å². The number of aryl methyl sites for hydroxylation is 1. The molecule has 0 saturated heterocycles. The molecule has 2 heteroatoms. The maximum Gasteiger partial charge on any atom is 0.0477 e. The summed E-state index contributed by atoms with van der Waals surface area (Å²) in [4.78, 5) is 3.12. The van der Waals surface area contributed by atoms with Gasteiger partial charge in [0, 0.05) is 30.5 Å². The average Bonchev–Trinajstić information content (AvgIpc) is 3.07. The lowest BCUT2D eigenvalue weighted by atomic mass is 10.2. The van der Waals surface area contributed by atoms with Gasteiger partial charge in [-0.15, -0.1) is 0 Å². The van der Waals surface area contributed by atoms with Gasteiger partial charge in [-0.2, -0.15) is 0 Å². The third kappa shape index (κ3) is 2.38. The van der Waals surface area contributed by atoms with Crippen LogP contribution in [0.25, 0.3) is 21.8 Å². The van der Waals surface area contributed by atoms with Gasteiger partial charge in [-0.3, -0.25) is 0 Å². The van der Waals surface area contributed by atoms with Crippen LogP contribution >= 0.6 is 0 Å². The van der Waals surface area contributed by atoms with E-state index < -0.39 is 0 Å². The molecule has 2 heterocycles. The Balaban J connectivity index is 0.000000117. The quantitative estimate of drug-likeness (QED) is 0.477. The third-order valence-electron chi connectivity index (χ3n) is 3.26. The molecule has 0 spiro atoms. The Hall–Kier alpha value is -2.48. The van der Waals surface area contributed by atoms with Crippen LogP contribution in [0.5, 0.6) is 0 Å². The number of hydrogen-bond acceptors (Lipinski definition) is 0. The molecule has 0 bridgehead atoms. The Morgan fingerprint density at radius 3 is 2.32 bits per heavy atom. The van der Waals surface area contributed by atoms with Crippen molar-refractivity contribution in [1.29, 1.82) is 0 Å². The summed E-state index contributed by atoms with van der Waals surface area (Å²) in [6.07, 6.45) is 4.02. The second kappa shape index (κ2) is 5.02. The zero-order chi connectivity index (χ0) is 13.1. The fourth-order valence-corrected chi connectivity index (χ4v) is 2.22. The highest BCUT2D eigenvalue weighted by molar-refractivity contribution is 5.80. The highest BCUT2D eigenvalue weighted by Gasteiger charge is 1.92. The van der Waals surface area contributed by atoms with Crippen LogP contribution in [-0.2, 0) is 7.05 Å². The van der Waals surface area contributed by atoms with Gasteiger partial charge in [-0.05, 0) is 35.0 Å². The molecule has 0 aliphatic carbocycles. The van der Waals surface area contributed by atoms with Crippen LogP contribution in [0.1, 0.15) is 0 Å². The van der Waals surface area contributed by atoms with E-state index in [0.717, 1.165) is 0 Å². The van der Waals surface area contributed by atoms with Crippen LogP contribution in [0.15, 0.2) is 73.1 Å². The number of fused-ring (bicyclic) bond motifs is 2. The molecular formula is C17H16N2. The van der Waals surface area contributed by atoms with Gasteiger partial charge in [-0.1, -0.05) is 36.4 Å². The number of H-pyrrole nitrogens is 1. The van der Waals surface area contributed by atoms with E-state index in [2.05, 4.69) is 71.3 Å². The Kier molecular flexibility index (Phi) is 3.07. The first-order valence-corrected chi connectivity index (χ1v) is 6.37. The van der Waals surface area contributed by atoms with Crippen LogP contribution in [0.3, 0.4) is 0 Å². The van der Waals surface area contributed by atoms with E-state index in [-0.39, 0.29) is 0 Å². The zero-order valence-electron chi connectivity index (χ0n) is 10.9. The SMILES string of the molecule is Cn1ccc2ccccc21.c1ccc2[nH]ccc2c1. The largest absolute Gasteiger partial charge is 0.361 e. The van der Waals surface area contributed by atoms with Crippen molar-refractivity contribution in [1.82, 2.24) is 9.55 Å². The lowest BCUT2D eigenvalue weighted by Gasteiger charge is -1.92. The second-order valence-electron chi connectivity index (χ2n) is 4.55. The number of rotatable bonds is 0. The molecule has 0 saturated carbocycles. The smallest absolute Gasteiger partial charge is 0.0477 e. The van der Waals surface area contributed by atoms with Crippen LogP contribution in [0.4, 0.5) is 0 Å². The van der Waals surface area contributed by atoms with Crippen LogP contribution < -0.4 is 0 Å². The van der Waals surface area contributed by atoms with Gasteiger partial charge in [0.05, 0.1) is 0 Å². The average molecular weight is 248 g/mol. The van der Waals surface area contributed by atoms with Gasteiger partial charge in [-0.25, -0.2) is 0 Å². The lowest BCUT2D eigenvalue weighted by molar-refractivity contribution is 0.969. The number of benzene rings is 2. The number of aromatic amines is 1. The van der Waals surface area contributed by atoms with Crippen LogP contribution in [0.2, 0.25) is 0 Å². The second-order valence-corrected chi connectivity index (χ2v) is 4.55. The summed E-state index contributed by atoms with van der Waals surface area (Å²) in [7, 11) is 2.06. The molecule has 2 aromatic carbocycles. The van der Waals surface area contributed by atoms with Gasteiger partial charge in [0.1, 0.15) is 0 Å². The Morgan fingerprint density at radius 2 is 1.53 bits per heavy atom. The number of aromatic nitrogens is 2. The van der Waals surface area contributed by atoms with E-state index in [9.17, 15) is 0 Å². The fraction of sp³-hybridized carbons (Fsp3) is 0.0588. The molecule has 2 nitrogen and oxygen atoms in total. The van der Waals surface area contributed by atoms with Crippen molar-refractivity contribution < 1.29 is 0 Å². The molecule has 0 aliphatic heterocycles. The molecule has 2 aromatic heterocycles. The molecular weight excluding hydrogens is 232 g/mol. The minimum absolute atomic E-state index is 1.21. The van der Waals surface area contributed by atoms with Crippen molar-refractivity contribution in [3.05, 3.63) is 73.1 Å². The summed E-state index contributed by atoms with van der Waals surface area (Å²) < 4.78 is 2.12. The predicted molar refractivity (Wildman–Crippen MR) is 81.2 cm³/mol. The summed E-state index contributed by atoms with van der Waals surface area (Å²) in [6, 6.07) is 20.8. The third-order valence-corrected chi connectivity index (χ3v) is 3.26. The number of nitrogens with zero attached hydrogens (tertiary/aromatic N) is 1. The first-order valence-electron chi connectivity index (χ1n) is 6.37. The van der Waals surface area contributed by atoms with Gasteiger partial charge in [0.15, 0.2) is 0 Å². The maximum absolute atomic E-state index is 3.12. The number of para-hydroxylation sites is 2. The first kappa shape index (κ1) is 11.6. The lowest BCUT2D eigenvalue weighted by Crippen LogP contribution is -1.81. The minimum atomic E-state index is 1.21. The molecule has 1 N–H and O–H groups in total. The summed E-state index contributed by atoms with van der Waals surface area (Å²) in [5, 5.41) is 2.59. The Labute approximate surface area is 112 Å². The molecule has 94 valence electrons. The summed E-state index contributed by atoms with van der Waals surface area (Å²) in [5.74, 6) is 0. The standard InChI is InChI=1S/C9H9N.C8H7N/c1-10-7-6-8-4-2-3-5-9(8)10;1-2-4-8-7(3-1)5-6-9-8/h2-7H,1H3;1-6,9H. The van der Waals surface area contributed by atoms with Gasteiger partial charge in [0.2, 0.25) is 0 Å². The van der Waals surface area contributed by atoms with Crippen molar-refractivity contribution in [2.75, 3.05) is 0 Å². The minimum Gasteiger partial charge on any atom is -0.361 e. The van der Waals surface area contributed by atoms with Crippen molar-refractivity contribution in [3.8, 4) is 0 Å². The van der Waals surface area contributed by atoms with Crippen LogP contribution in [-0.4, -0.2) is 9.55 Å². The monoisotopic (exact) mass is 248 g/mol. The highest BCUT2D eigenvalue weighted by atomic mass is 14.9. The van der Waals surface area contributed by atoms with E-state index in [1.54, 1.807) is 0 Å². The van der Waals surface area contributed by atoms with Crippen molar-refractivity contribution in [2.45, 2.75) is 0 Å². The molecule has 0 amide bonds. The van der Waals surface area contributed by atoms with Crippen molar-refractivity contribution in [2.24, 2.45) is 7.05 Å². The molecule has 0 aliphatic rings. The van der Waals surface area contributed by atoms with E-state index >= 15 is 0 Å². The van der Waals surface area contributed by atoms with Gasteiger partial charge < -0.3 is 9.55 Å². The molecule has 0 unspecified atom stereocenters. The van der Waals surface area contributed by atoms with E-state index in [1.165, 1.54) is 21.8 Å². The number of hydrogen-bond donors (Lipinski definition) is 1. The van der Waals surface area contributed by atoms with E-state index in [1.807, 2.05) is 18.3 Å². The summed E-state index contributed by atoms with van der Waals surface area (Å²) in [6.45, 7) is 0. The maximum atomic E-state index is 3.12. The van der Waals surface area contributed by atoms with E-state index in [4.69, 9.17) is 0 Å². The number of nitrogens with one attached hydrogen (secondary N) is 1. The zero-order valence-corrected chi connectivity index (χ0v) is 10.9. The first-order chi connectivity index (χ1) is 9.34. The molecule has 0 fully saturated rings. The normalized spacial score (nSPS) is 10.4. The van der Waals surface area contributed by atoms with E-state index in [0.29, 0.717) is 0 Å². The van der Waals surface area contributed by atoms with Crippen LogP contribution in [0, 0.1) is 0 Å². The van der Waals surface area contributed by atoms with Gasteiger partial charge >= 0.3 is 0 Å².